The van der Waals surface area contributed by atoms with Gasteiger partial charge in [-0.2, -0.15) is 5.10 Å². The lowest BCUT2D eigenvalue weighted by atomic mass is 10.1. The monoisotopic (exact) mass is 492 g/mol. The second kappa shape index (κ2) is 10.5. The van der Waals surface area contributed by atoms with E-state index in [2.05, 4.69) is 15.5 Å². The highest BCUT2D eigenvalue weighted by molar-refractivity contribution is 7.99. The van der Waals surface area contributed by atoms with Crippen LogP contribution in [0, 0.1) is 0 Å². The molecule has 3 aromatic carbocycles. The van der Waals surface area contributed by atoms with Gasteiger partial charge in [0.15, 0.2) is 5.16 Å². The standard InChI is InChI=1S/C25H21ClN4O3S/c1-2-21(16-7-13-19(31)14-8-16)28-29-23(32)15-34-25-27-22-6-4-3-5-20(22)24(33)30(25)18-11-9-17(26)10-12-18/h3-14,31H,2,15H2,1H3,(H,29,32). The summed E-state index contributed by atoms with van der Waals surface area (Å²) in [4.78, 5) is 30.4. The predicted octanol–water partition coefficient (Wildman–Crippen LogP) is 4.77. The normalized spacial score (nSPS) is 11.5. The summed E-state index contributed by atoms with van der Waals surface area (Å²) >= 11 is 7.16. The van der Waals surface area contributed by atoms with Crippen molar-refractivity contribution in [2.75, 3.05) is 5.75 Å². The molecule has 4 aromatic rings. The van der Waals surface area contributed by atoms with Crippen LogP contribution in [0.4, 0.5) is 0 Å². The van der Waals surface area contributed by atoms with Gasteiger partial charge in [-0.05, 0) is 72.6 Å². The molecule has 1 amide bonds. The summed E-state index contributed by atoms with van der Waals surface area (Å²) in [5.41, 5.74) is 4.99. The first kappa shape index (κ1) is 23.5. The third-order valence-electron chi connectivity index (χ3n) is 5.01. The zero-order valence-corrected chi connectivity index (χ0v) is 19.8. The van der Waals surface area contributed by atoms with E-state index in [0.29, 0.717) is 38.9 Å². The van der Waals surface area contributed by atoms with Gasteiger partial charge in [-0.25, -0.2) is 10.4 Å². The first-order valence-electron chi connectivity index (χ1n) is 10.5. The smallest absolute Gasteiger partial charge is 0.266 e. The lowest BCUT2D eigenvalue weighted by Crippen LogP contribution is -2.24. The number of phenols is 1. The highest BCUT2D eigenvalue weighted by Crippen LogP contribution is 2.22. The number of thioether (sulfide) groups is 1. The predicted molar refractivity (Wildman–Crippen MR) is 136 cm³/mol. The van der Waals surface area contributed by atoms with Gasteiger partial charge < -0.3 is 5.11 Å². The summed E-state index contributed by atoms with van der Waals surface area (Å²) in [7, 11) is 0. The molecule has 4 rings (SSSR count). The number of carbonyl (C=O) groups is 1. The summed E-state index contributed by atoms with van der Waals surface area (Å²) in [6, 6.07) is 20.6. The fraction of sp³-hybridized carbons (Fsp3) is 0.120. The van der Waals surface area contributed by atoms with Crippen molar-refractivity contribution in [2.24, 2.45) is 5.10 Å². The molecule has 1 aromatic heterocycles. The van der Waals surface area contributed by atoms with Gasteiger partial charge in [-0.1, -0.05) is 42.4 Å². The van der Waals surface area contributed by atoms with E-state index in [4.69, 9.17) is 11.6 Å². The number of aromatic hydroxyl groups is 1. The van der Waals surface area contributed by atoms with Crippen molar-refractivity contribution >= 4 is 45.9 Å². The van der Waals surface area contributed by atoms with Crippen molar-refractivity contribution in [3.05, 3.63) is 93.7 Å². The molecule has 0 unspecified atom stereocenters. The molecule has 0 bridgehead atoms. The minimum Gasteiger partial charge on any atom is -0.508 e. The van der Waals surface area contributed by atoms with Gasteiger partial charge >= 0.3 is 0 Å². The van der Waals surface area contributed by atoms with Crippen LogP contribution in [0.5, 0.6) is 5.75 Å². The summed E-state index contributed by atoms with van der Waals surface area (Å²) < 4.78 is 1.48. The van der Waals surface area contributed by atoms with Crippen molar-refractivity contribution in [1.29, 1.82) is 0 Å². The first-order chi connectivity index (χ1) is 16.5. The van der Waals surface area contributed by atoms with Crippen LogP contribution in [0.3, 0.4) is 0 Å². The molecule has 1 heterocycles. The number of phenolic OH excluding ortho intramolecular Hbond substituents is 1. The van der Waals surface area contributed by atoms with Crippen molar-refractivity contribution in [1.82, 2.24) is 15.0 Å². The van der Waals surface area contributed by atoms with Crippen LogP contribution < -0.4 is 11.0 Å². The van der Waals surface area contributed by atoms with Crippen molar-refractivity contribution < 1.29 is 9.90 Å². The number of aromatic nitrogens is 2. The molecule has 172 valence electrons. The Bertz CT molecular complexity index is 1420. The molecule has 0 aliphatic carbocycles. The van der Waals surface area contributed by atoms with Crippen molar-refractivity contribution in [2.45, 2.75) is 18.5 Å². The minimum atomic E-state index is -0.334. The molecule has 0 fully saturated rings. The Morgan fingerprint density at radius 1 is 1.09 bits per heavy atom. The van der Waals surface area contributed by atoms with E-state index < -0.39 is 0 Å². The molecule has 0 radical (unpaired) electrons. The van der Waals surface area contributed by atoms with Crippen molar-refractivity contribution in [3.63, 3.8) is 0 Å². The molecule has 0 atom stereocenters. The van der Waals surface area contributed by atoms with Gasteiger partial charge in [-0.3, -0.25) is 14.2 Å². The molecule has 2 N–H and O–H groups in total. The van der Waals surface area contributed by atoms with Crippen LogP contribution >= 0.6 is 23.4 Å². The molecular weight excluding hydrogens is 472 g/mol. The van der Waals surface area contributed by atoms with E-state index in [1.54, 1.807) is 66.7 Å². The fourth-order valence-electron chi connectivity index (χ4n) is 3.32. The number of benzene rings is 3. The summed E-state index contributed by atoms with van der Waals surface area (Å²) in [5.74, 6) is -0.164. The van der Waals surface area contributed by atoms with Gasteiger partial charge in [0.2, 0.25) is 0 Å². The molecule has 0 aliphatic rings. The topological polar surface area (TPSA) is 96.6 Å². The molecule has 9 heteroatoms. The number of nitrogens with one attached hydrogen (secondary N) is 1. The van der Waals surface area contributed by atoms with E-state index in [1.165, 1.54) is 4.57 Å². The average Bonchev–Trinajstić information content (AvgIpc) is 2.85. The Labute approximate surface area is 205 Å². The summed E-state index contributed by atoms with van der Waals surface area (Å²) in [6.45, 7) is 1.93. The Balaban J connectivity index is 1.58. The number of para-hydroxylation sites is 1. The number of fused-ring (bicyclic) bond motifs is 1. The highest BCUT2D eigenvalue weighted by Gasteiger charge is 2.15. The van der Waals surface area contributed by atoms with Gasteiger partial charge in [0, 0.05) is 5.02 Å². The zero-order chi connectivity index (χ0) is 24.1. The molecule has 0 aliphatic heterocycles. The SMILES string of the molecule is CCC(=NNC(=O)CSc1nc2ccccc2c(=O)n1-c1ccc(Cl)cc1)c1ccc(O)cc1. The Morgan fingerprint density at radius 3 is 2.50 bits per heavy atom. The molecule has 0 saturated heterocycles. The van der Waals surface area contributed by atoms with Crippen LogP contribution in [0.1, 0.15) is 18.9 Å². The summed E-state index contributed by atoms with van der Waals surface area (Å²) in [6.07, 6.45) is 0.598. The number of hydrogen-bond donors (Lipinski definition) is 2. The first-order valence-corrected chi connectivity index (χ1v) is 11.9. The van der Waals surface area contributed by atoms with E-state index in [9.17, 15) is 14.7 Å². The van der Waals surface area contributed by atoms with Gasteiger partial charge in [0.05, 0.1) is 28.1 Å². The number of rotatable bonds is 7. The van der Waals surface area contributed by atoms with E-state index >= 15 is 0 Å². The van der Waals surface area contributed by atoms with Crippen LogP contribution in [0.15, 0.2) is 87.8 Å². The Hall–Kier alpha value is -3.62. The maximum Gasteiger partial charge on any atom is 0.266 e. The number of nitrogens with zero attached hydrogens (tertiary/aromatic N) is 3. The van der Waals surface area contributed by atoms with Gasteiger partial charge in [-0.15, -0.1) is 0 Å². The van der Waals surface area contributed by atoms with E-state index in [-0.39, 0.29) is 23.0 Å². The van der Waals surface area contributed by atoms with Crippen LogP contribution in [-0.2, 0) is 4.79 Å². The quantitative estimate of drug-likeness (QED) is 0.168. The third-order valence-corrected chi connectivity index (χ3v) is 6.20. The Morgan fingerprint density at radius 2 is 1.79 bits per heavy atom. The molecular formula is C25H21ClN4O3S. The number of halogens is 1. The van der Waals surface area contributed by atoms with Crippen LogP contribution in [0.25, 0.3) is 16.6 Å². The lowest BCUT2D eigenvalue weighted by Gasteiger charge is -2.13. The second-order valence-electron chi connectivity index (χ2n) is 7.31. The highest BCUT2D eigenvalue weighted by atomic mass is 35.5. The number of hydrazone groups is 1. The molecule has 0 saturated carbocycles. The third kappa shape index (κ3) is 5.30. The van der Waals surface area contributed by atoms with Gasteiger partial charge in [0.1, 0.15) is 5.75 Å². The maximum atomic E-state index is 13.3. The van der Waals surface area contributed by atoms with Crippen LogP contribution in [-0.4, -0.2) is 32.0 Å². The maximum absolute atomic E-state index is 13.3. The lowest BCUT2D eigenvalue weighted by molar-refractivity contribution is -0.118. The van der Waals surface area contributed by atoms with Crippen molar-refractivity contribution in [3.8, 4) is 11.4 Å². The van der Waals surface area contributed by atoms with Gasteiger partial charge in [0.25, 0.3) is 11.5 Å². The average molecular weight is 493 g/mol. The fourth-order valence-corrected chi connectivity index (χ4v) is 4.25. The minimum absolute atomic E-state index is 0.00838. The number of hydrogen-bond acceptors (Lipinski definition) is 6. The Kier molecular flexibility index (Phi) is 7.30. The van der Waals surface area contributed by atoms with Crippen LogP contribution in [0.2, 0.25) is 5.02 Å². The molecule has 0 spiro atoms. The summed E-state index contributed by atoms with van der Waals surface area (Å²) in [5, 5.41) is 15.1. The second-order valence-corrected chi connectivity index (χ2v) is 8.69. The largest absolute Gasteiger partial charge is 0.508 e. The number of amides is 1. The molecule has 7 nitrogen and oxygen atoms in total. The zero-order valence-electron chi connectivity index (χ0n) is 18.2. The molecule has 34 heavy (non-hydrogen) atoms. The number of carbonyl (C=O) groups excluding carboxylic acids is 1. The van der Waals surface area contributed by atoms with E-state index in [1.807, 2.05) is 13.0 Å². The van der Waals surface area contributed by atoms with E-state index in [0.717, 1.165) is 17.3 Å².